The molecule has 0 saturated heterocycles. The van der Waals surface area contributed by atoms with Crippen molar-refractivity contribution in [3.63, 3.8) is 0 Å². The molecule has 0 aliphatic heterocycles. The van der Waals surface area contributed by atoms with Gasteiger partial charge in [-0.3, -0.25) is 4.79 Å². The third kappa shape index (κ3) is 2.44. The minimum absolute atomic E-state index is 0.158. The summed E-state index contributed by atoms with van der Waals surface area (Å²) in [4.78, 5) is 16.1. The first kappa shape index (κ1) is 12.0. The summed E-state index contributed by atoms with van der Waals surface area (Å²) < 4.78 is 15.3. The Kier molecular flexibility index (Phi) is 3.38. The van der Waals surface area contributed by atoms with E-state index in [2.05, 4.69) is 20.9 Å². The molecular formula is C12H10BrFN2O. The SMILES string of the molecule is Cn1ccnc1CC(=O)c1cccc(F)c1Br. The lowest BCUT2D eigenvalue weighted by atomic mass is 10.1. The van der Waals surface area contributed by atoms with Crippen molar-refractivity contribution in [3.8, 4) is 0 Å². The molecule has 0 radical (unpaired) electrons. The monoisotopic (exact) mass is 296 g/mol. The van der Waals surface area contributed by atoms with Crippen LogP contribution in [0.3, 0.4) is 0 Å². The number of hydrogen-bond donors (Lipinski definition) is 0. The van der Waals surface area contributed by atoms with E-state index in [0.717, 1.165) is 0 Å². The van der Waals surface area contributed by atoms with Crippen molar-refractivity contribution in [1.29, 1.82) is 0 Å². The number of carbonyl (C=O) groups is 1. The van der Waals surface area contributed by atoms with Crippen molar-refractivity contribution < 1.29 is 9.18 Å². The summed E-state index contributed by atoms with van der Waals surface area (Å²) in [6.45, 7) is 0. The fourth-order valence-electron chi connectivity index (χ4n) is 1.52. The Morgan fingerprint density at radius 3 is 2.94 bits per heavy atom. The second kappa shape index (κ2) is 4.79. The summed E-state index contributed by atoms with van der Waals surface area (Å²) in [7, 11) is 1.82. The maximum atomic E-state index is 13.3. The van der Waals surface area contributed by atoms with E-state index in [1.165, 1.54) is 12.1 Å². The predicted octanol–water partition coefficient (Wildman–Crippen LogP) is 2.75. The Hall–Kier alpha value is -1.49. The average molecular weight is 297 g/mol. The highest BCUT2D eigenvalue weighted by Gasteiger charge is 2.15. The summed E-state index contributed by atoms with van der Waals surface area (Å²) in [5, 5.41) is 0. The molecule has 88 valence electrons. The average Bonchev–Trinajstić information content (AvgIpc) is 2.68. The van der Waals surface area contributed by atoms with E-state index >= 15 is 0 Å². The van der Waals surface area contributed by atoms with Gasteiger partial charge in [-0.25, -0.2) is 9.37 Å². The fourth-order valence-corrected chi connectivity index (χ4v) is 2.01. The van der Waals surface area contributed by atoms with Crippen LogP contribution in [-0.4, -0.2) is 15.3 Å². The van der Waals surface area contributed by atoms with Crippen LogP contribution in [0.4, 0.5) is 4.39 Å². The van der Waals surface area contributed by atoms with Gasteiger partial charge in [0, 0.05) is 25.0 Å². The van der Waals surface area contributed by atoms with E-state index in [1.807, 2.05) is 7.05 Å². The topological polar surface area (TPSA) is 34.9 Å². The molecule has 0 amide bonds. The highest BCUT2D eigenvalue weighted by atomic mass is 79.9. The van der Waals surface area contributed by atoms with Gasteiger partial charge >= 0.3 is 0 Å². The van der Waals surface area contributed by atoms with E-state index in [0.29, 0.717) is 11.4 Å². The van der Waals surface area contributed by atoms with Crippen LogP contribution < -0.4 is 0 Å². The molecule has 1 aromatic carbocycles. The minimum Gasteiger partial charge on any atom is -0.338 e. The van der Waals surface area contributed by atoms with Crippen LogP contribution in [-0.2, 0) is 13.5 Å². The molecule has 0 fully saturated rings. The second-order valence-corrected chi connectivity index (χ2v) is 4.45. The Labute approximate surface area is 106 Å². The van der Waals surface area contributed by atoms with Gasteiger partial charge < -0.3 is 4.57 Å². The number of Topliss-reactive ketones (excluding diaryl/α,β-unsaturated/α-hetero) is 1. The maximum absolute atomic E-state index is 13.3. The number of ketones is 1. The van der Waals surface area contributed by atoms with Gasteiger partial charge in [-0.15, -0.1) is 0 Å². The zero-order valence-corrected chi connectivity index (χ0v) is 10.7. The van der Waals surface area contributed by atoms with Gasteiger partial charge in [0.1, 0.15) is 11.6 Å². The Balaban J connectivity index is 2.27. The first-order chi connectivity index (χ1) is 8.09. The number of carbonyl (C=O) groups excluding carboxylic acids is 1. The summed E-state index contributed by atoms with van der Waals surface area (Å²) in [6, 6.07) is 4.42. The van der Waals surface area contributed by atoms with Gasteiger partial charge in [0.25, 0.3) is 0 Å². The predicted molar refractivity (Wildman–Crippen MR) is 65.3 cm³/mol. The second-order valence-electron chi connectivity index (χ2n) is 3.66. The summed E-state index contributed by atoms with van der Waals surface area (Å²) >= 11 is 3.08. The molecule has 1 aromatic heterocycles. The molecule has 0 unspecified atom stereocenters. The number of nitrogens with zero attached hydrogens (tertiary/aromatic N) is 2. The molecule has 0 spiro atoms. The number of imidazole rings is 1. The van der Waals surface area contributed by atoms with Gasteiger partial charge in [-0.1, -0.05) is 12.1 Å². The number of aromatic nitrogens is 2. The third-order valence-corrected chi connectivity index (χ3v) is 3.30. The normalized spacial score (nSPS) is 10.5. The zero-order valence-electron chi connectivity index (χ0n) is 9.15. The third-order valence-electron chi connectivity index (χ3n) is 2.49. The molecule has 1 heterocycles. The van der Waals surface area contributed by atoms with Gasteiger partial charge in [-0.2, -0.15) is 0 Å². The van der Waals surface area contributed by atoms with E-state index in [-0.39, 0.29) is 16.7 Å². The molecule has 2 aromatic rings. The van der Waals surface area contributed by atoms with E-state index in [9.17, 15) is 9.18 Å². The quantitative estimate of drug-likeness (QED) is 0.817. The molecule has 3 nitrogen and oxygen atoms in total. The van der Waals surface area contributed by atoms with Crippen molar-refractivity contribution in [3.05, 3.63) is 52.3 Å². The number of rotatable bonds is 3. The van der Waals surface area contributed by atoms with E-state index < -0.39 is 5.82 Å². The lowest BCUT2D eigenvalue weighted by Crippen LogP contribution is -2.09. The molecule has 0 aliphatic rings. The number of halogens is 2. The lowest BCUT2D eigenvalue weighted by Gasteiger charge is -2.04. The largest absolute Gasteiger partial charge is 0.338 e. The standard InChI is InChI=1S/C12H10BrFN2O/c1-16-6-5-15-11(16)7-10(17)8-3-2-4-9(14)12(8)13/h2-6H,7H2,1H3. The number of benzene rings is 1. The molecule has 5 heteroatoms. The van der Waals surface area contributed by atoms with Crippen LogP contribution in [0.5, 0.6) is 0 Å². The molecule has 0 atom stereocenters. The van der Waals surface area contributed by atoms with E-state index in [4.69, 9.17) is 0 Å². The van der Waals surface area contributed by atoms with Crippen molar-refractivity contribution in [2.75, 3.05) is 0 Å². The fraction of sp³-hybridized carbons (Fsp3) is 0.167. The first-order valence-electron chi connectivity index (χ1n) is 5.03. The summed E-state index contributed by atoms with van der Waals surface area (Å²) in [5.41, 5.74) is 0.341. The molecule has 17 heavy (non-hydrogen) atoms. The molecule has 0 saturated carbocycles. The van der Waals surface area contributed by atoms with Crippen molar-refractivity contribution in [2.24, 2.45) is 7.05 Å². The molecular weight excluding hydrogens is 287 g/mol. The zero-order chi connectivity index (χ0) is 12.4. The van der Waals surface area contributed by atoms with Crippen LogP contribution in [0.2, 0.25) is 0 Å². The van der Waals surface area contributed by atoms with Crippen LogP contribution in [0.25, 0.3) is 0 Å². The van der Waals surface area contributed by atoms with Crippen LogP contribution in [0, 0.1) is 5.82 Å². The van der Waals surface area contributed by atoms with Crippen molar-refractivity contribution in [1.82, 2.24) is 9.55 Å². The van der Waals surface area contributed by atoms with Crippen molar-refractivity contribution in [2.45, 2.75) is 6.42 Å². The Morgan fingerprint density at radius 1 is 1.53 bits per heavy atom. The molecule has 0 bridgehead atoms. The van der Waals surface area contributed by atoms with Gasteiger partial charge in [-0.05, 0) is 22.0 Å². The van der Waals surface area contributed by atoms with Gasteiger partial charge in [0.2, 0.25) is 0 Å². The Morgan fingerprint density at radius 2 is 2.29 bits per heavy atom. The van der Waals surface area contributed by atoms with Crippen molar-refractivity contribution >= 4 is 21.7 Å². The minimum atomic E-state index is -0.435. The smallest absolute Gasteiger partial charge is 0.171 e. The molecule has 0 aliphatic carbocycles. The molecule has 2 rings (SSSR count). The number of aryl methyl sites for hydroxylation is 1. The summed E-state index contributed by atoms with van der Waals surface area (Å²) in [6.07, 6.45) is 3.55. The Bertz CT molecular complexity index is 565. The van der Waals surface area contributed by atoms with Gasteiger partial charge in [0.05, 0.1) is 10.9 Å². The van der Waals surface area contributed by atoms with Gasteiger partial charge in [0.15, 0.2) is 5.78 Å². The van der Waals surface area contributed by atoms with Crippen LogP contribution in [0.1, 0.15) is 16.2 Å². The van der Waals surface area contributed by atoms with E-state index in [1.54, 1.807) is 23.0 Å². The maximum Gasteiger partial charge on any atom is 0.171 e. The highest BCUT2D eigenvalue weighted by molar-refractivity contribution is 9.10. The molecule has 0 N–H and O–H groups in total. The summed E-state index contributed by atoms with van der Waals surface area (Å²) in [5.74, 6) is 0.0625. The van der Waals surface area contributed by atoms with Crippen LogP contribution in [0.15, 0.2) is 35.1 Å². The van der Waals surface area contributed by atoms with Crippen LogP contribution >= 0.6 is 15.9 Å². The highest BCUT2D eigenvalue weighted by Crippen LogP contribution is 2.21. The number of hydrogen-bond acceptors (Lipinski definition) is 2. The lowest BCUT2D eigenvalue weighted by molar-refractivity contribution is 0.0988. The first-order valence-corrected chi connectivity index (χ1v) is 5.82.